The van der Waals surface area contributed by atoms with Crippen molar-refractivity contribution in [3.05, 3.63) is 28.8 Å². The van der Waals surface area contributed by atoms with Crippen molar-refractivity contribution in [2.75, 3.05) is 11.9 Å². The summed E-state index contributed by atoms with van der Waals surface area (Å²) in [6.45, 7) is 5.73. The number of carboxylic acid groups (broad SMARTS) is 1. The zero-order valence-corrected chi connectivity index (χ0v) is 10.1. The van der Waals surface area contributed by atoms with Gasteiger partial charge >= 0.3 is 12.0 Å². The minimum atomic E-state index is -0.987. The average molecular weight is 236 g/mol. The molecule has 1 aromatic rings. The molecule has 1 aromatic carbocycles. The van der Waals surface area contributed by atoms with E-state index in [0.29, 0.717) is 23.4 Å². The van der Waals surface area contributed by atoms with Gasteiger partial charge in [-0.05, 0) is 38.0 Å². The lowest BCUT2D eigenvalue weighted by Crippen LogP contribution is -2.28. The Balaban J connectivity index is 3.07. The fourth-order valence-corrected chi connectivity index (χ4v) is 1.64. The van der Waals surface area contributed by atoms with Gasteiger partial charge in [-0.1, -0.05) is 6.07 Å². The van der Waals surface area contributed by atoms with Crippen LogP contribution in [0.2, 0.25) is 0 Å². The number of rotatable bonds is 3. The summed E-state index contributed by atoms with van der Waals surface area (Å²) < 4.78 is 0. The van der Waals surface area contributed by atoms with Gasteiger partial charge in [-0.2, -0.15) is 0 Å². The number of carbonyl (C=O) groups excluding carboxylic acids is 1. The summed E-state index contributed by atoms with van der Waals surface area (Å²) in [6, 6.07) is 3.04. The Morgan fingerprint density at radius 1 is 1.29 bits per heavy atom. The molecule has 0 aromatic heterocycles. The second kappa shape index (κ2) is 5.34. The molecule has 0 radical (unpaired) electrons. The first-order valence-electron chi connectivity index (χ1n) is 5.35. The molecule has 0 saturated heterocycles. The van der Waals surface area contributed by atoms with Crippen LogP contribution in [0.3, 0.4) is 0 Å². The Bertz CT molecular complexity index is 455. The number of aryl methyl sites for hydroxylation is 1. The molecule has 0 aliphatic heterocycles. The van der Waals surface area contributed by atoms with E-state index >= 15 is 0 Å². The molecule has 0 bridgehead atoms. The fraction of sp³-hybridized carbons (Fsp3) is 0.333. The van der Waals surface area contributed by atoms with Crippen LogP contribution in [0.15, 0.2) is 12.1 Å². The Hall–Kier alpha value is -2.04. The summed E-state index contributed by atoms with van der Waals surface area (Å²) in [7, 11) is 0. The van der Waals surface area contributed by atoms with E-state index in [-0.39, 0.29) is 11.6 Å². The van der Waals surface area contributed by atoms with Gasteiger partial charge in [-0.15, -0.1) is 0 Å². The lowest BCUT2D eigenvalue weighted by molar-refractivity contribution is 0.0695. The summed E-state index contributed by atoms with van der Waals surface area (Å²) >= 11 is 0. The number of nitrogens with one attached hydrogen (secondary N) is 2. The summed E-state index contributed by atoms with van der Waals surface area (Å²) in [6.07, 6.45) is 0. The van der Waals surface area contributed by atoms with Gasteiger partial charge < -0.3 is 15.7 Å². The third kappa shape index (κ3) is 2.96. The lowest BCUT2D eigenvalue weighted by Gasteiger charge is -2.12. The van der Waals surface area contributed by atoms with Crippen molar-refractivity contribution < 1.29 is 14.7 Å². The smallest absolute Gasteiger partial charge is 0.336 e. The zero-order valence-electron chi connectivity index (χ0n) is 10.1. The molecular weight excluding hydrogens is 220 g/mol. The minimum absolute atomic E-state index is 0.235. The first-order valence-corrected chi connectivity index (χ1v) is 5.35. The molecule has 0 aliphatic carbocycles. The first kappa shape index (κ1) is 13.0. The summed E-state index contributed by atoms with van der Waals surface area (Å²) in [5, 5.41) is 14.3. The standard InChI is InChI=1S/C12H16N2O3/c1-4-13-12(17)14-9-6-5-7(2)10(8(9)3)11(15)16/h5-6H,4H2,1-3H3,(H,15,16)(H2,13,14,17). The highest BCUT2D eigenvalue weighted by Gasteiger charge is 2.14. The highest BCUT2D eigenvalue weighted by molar-refractivity contribution is 5.96. The van der Waals surface area contributed by atoms with E-state index in [1.165, 1.54) is 0 Å². The van der Waals surface area contributed by atoms with E-state index in [0.717, 1.165) is 0 Å². The third-order valence-corrected chi connectivity index (χ3v) is 2.47. The Morgan fingerprint density at radius 2 is 1.94 bits per heavy atom. The van der Waals surface area contributed by atoms with Crippen molar-refractivity contribution in [1.82, 2.24) is 5.32 Å². The molecule has 0 atom stereocenters. The van der Waals surface area contributed by atoms with Crippen molar-refractivity contribution in [3.63, 3.8) is 0 Å². The maximum Gasteiger partial charge on any atom is 0.336 e. The van der Waals surface area contributed by atoms with E-state index in [1.54, 1.807) is 26.0 Å². The largest absolute Gasteiger partial charge is 0.478 e. The van der Waals surface area contributed by atoms with Crippen LogP contribution in [0.4, 0.5) is 10.5 Å². The molecule has 0 aliphatic rings. The van der Waals surface area contributed by atoms with Crippen molar-refractivity contribution in [2.24, 2.45) is 0 Å². The SMILES string of the molecule is CCNC(=O)Nc1ccc(C)c(C(=O)O)c1C. The van der Waals surface area contributed by atoms with Gasteiger partial charge in [-0.3, -0.25) is 0 Å². The third-order valence-electron chi connectivity index (χ3n) is 2.47. The molecule has 0 spiro atoms. The number of aromatic carboxylic acids is 1. The number of anilines is 1. The van der Waals surface area contributed by atoms with Crippen LogP contribution in [0.25, 0.3) is 0 Å². The highest BCUT2D eigenvalue weighted by Crippen LogP contribution is 2.22. The molecular formula is C12H16N2O3. The second-order valence-electron chi connectivity index (χ2n) is 3.72. The monoisotopic (exact) mass is 236 g/mol. The molecule has 5 nitrogen and oxygen atoms in total. The number of hydrogen-bond acceptors (Lipinski definition) is 2. The van der Waals surface area contributed by atoms with Crippen LogP contribution in [0.1, 0.15) is 28.4 Å². The summed E-state index contributed by atoms with van der Waals surface area (Å²) in [5.41, 5.74) is 1.98. The second-order valence-corrected chi connectivity index (χ2v) is 3.72. The van der Waals surface area contributed by atoms with Crippen LogP contribution < -0.4 is 10.6 Å². The minimum Gasteiger partial charge on any atom is -0.478 e. The number of carboxylic acids is 1. The van der Waals surface area contributed by atoms with Crippen LogP contribution in [0.5, 0.6) is 0 Å². The van der Waals surface area contributed by atoms with Crippen LogP contribution in [-0.4, -0.2) is 23.7 Å². The normalized spacial score (nSPS) is 9.82. The van der Waals surface area contributed by atoms with E-state index < -0.39 is 5.97 Å². The van der Waals surface area contributed by atoms with Gasteiger partial charge in [0.25, 0.3) is 0 Å². The number of amides is 2. The summed E-state index contributed by atoms with van der Waals surface area (Å²) in [5.74, 6) is -0.987. The van der Waals surface area contributed by atoms with Crippen molar-refractivity contribution in [1.29, 1.82) is 0 Å². The Morgan fingerprint density at radius 3 is 2.47 bits per heavy atom. The van der Waals surface area contributed by atoms with Gasteiger partial charge in [0.1, 0.15) is 0 Å². The quantitative estimate of drug-likeness (QED) is 0.752. The van der Waals surface area contributed by atoms with E-state index in [1.807, 2.05) is 6.92 Å². The molecule has 92 valence electrons. The number of benzene rings is 1. The van der Waals surface area contributed by atoms with Crippen molar-refractivity contribution >= 4 is 17.7 Å². The number of urea groups is 1. The molecule has 0 heterocycles. The Labute approximate surface area is 99.8 Å². The van der Waals surface area contributed by atoms with Crippen LogP contribution in [0, 0.1) is 13.8 Å². The van der Waals surface area contributed by atoms with Crippen molar-refractivity contribution in [2.45, 2.75) is 20.8 Å². The number of hydrogen-bond donors (Lipinski definition) is 3. The predicted octanol–water partition coefficient (Wildman–Crippen LogP) is 2.14. The van der Waals surface area contributed by atoms with E-state index in [9.17, 15) is 9.59 Å². The Kier molecular flexibility index (Phi) is 4.09. The van der Waals surface area contributed by atoms with Crippen molar-refractivity contribution in [3.8, 4) is 0 Å². The van der Waals surface area contributed by atoms with Crippen LogP contribution >= 0.6 is 0 Å². The average Bonchev–Trinajstić information content (AvgIpc) is 2.22. The maximum atomic E-state index is 11.4. The van der Waals surface area contributed by atoms with Crippen LogP contribution in [-0.2, 0) is 0 Å². The maximum absolute atomic E-state index is 11.4. The zero-order chi connectivity index (χ0) is 13.0. The molecule has 0 fully saturated rings. The molecule has 2 amide bonds. The van der Waals surface area contributed by atoms with Gasteiger partial charge in [0.15, 0.2) is 0 Å². The lowest BCUT2D eigenvalue weighted by atomic mass is 10.0. The molecule has 3 N–H and O–H groups in total. The van der Waals surface area contributed by atoms with Gasteiger partial charge in [0.05, 0.1) is 5.56 Å². The van der Waals surface area contributed by atoms with Gasteiger partial charge in [-0.25, -0.2) is 9.59 Å². The fourth-order valence-electron chi connectivity index (χ4n) is 1.64. The van der Waals surface area contributed by atoms with E-state index in [4.69, 9.17) is 5.11 Å². The molecule has 0 saturated carbocycles. The predicted molar refractivity (Wildman–Crippen MR) is 65.6 cm³/mol. The molecule has 0 unspecified atom stereocenters. The number of carbonyl (C=O) groups is 2. The van der Waals surface area contributed by atoms with E-state index in [2.05, 4.69) is 10.6 Å². The molecule has 1 rings (SSSR count). The van der Waals surface area contributed by atoms with Gasteiger partial charge in [0, 0.05) is 12.2 Å². The highest BCUT2D eigenvalue weighted by atomic mass is 16.4. The topological polar surface area (TPSA) is 78.4 Å². The first-order chi connectivity index (χ1) is 7.97. The van der Waals surface area contributed by atoms with Gasteiger partial charge in [0.2, 0.25) is 0 Å². The molecule has 5 heteroatoms. The molecule has 17 heavy (non-hydrogen) atoms. The summed E-state index contributed by atoms with van der Waals surface area (Å²) in [4.78, 5) is 22.4.